The molecular formula is C11H14N2O3. The van der Waals surface area contributed by atoms with Crippen LogP contribution in [0.15, 0.2) is 11.0 Å². The van der Waals surface area contributed by atoms with Gasteiger partial charge in [-0.1, -0.05) is 12.8 Å². The molecule has 0 saturated heterocycles. The molecule has 86 valence electrons. The number of esters is 1. The number of aromatic amines is 1. The Balaban J connectivity index is 2.08. The molecule has 2 rings (SSSR count). The number of hydrogen-bond acceptors (Lipinski definition) is 4. The van der Waals surface area contributed by atoms with Gasteiger partial charge in [-0.3, -0.25) is 4.79 Å². The van der Waals surface area contributed by atoms with Gasteiger partial charge in [0.05, 0.1) is 7.11 Å². The van der Waals surface area contributed by atoms with E-state index in [-0.39, 0.29) is 5.56 Å². The van der Waals surface area contributed by atoms with E-state index < -0.39 is 11.5 Å². The van der Waals surface area contributed by atoms with Crippen molar-refractivity contribution in [3.8, 4) is 0 Å². The summed E-state index contributed by atoms with van der Waals surface area (Å²) < 4.78 is 4.47. The van der Waals surface area contributed by atoms with E-state index in [9.17, 15) is 9.59 Å². The minimum absolute atomic E-state index is 0.0438. The molecule has 16 heavy (non-hydrogen) atoms. The van der Waals surface area contributed by atoms with E-state index in [1.54, 1.807) is 0 Å². The van der Waals surface area contributed by atoms with Crippen LogP contribution in [0, 0.1) is 5.92 Å². The largest absolute Gasteiger partial charge is 0.465 e. The monoisotopic (exact) mass is 222 g/mol. The molecule has 1 aliphatic carbocycles. The third kappa shape index (κ3) is 2.48. The SMILES string of the molecule is COC(=O)c1cnc(CCC2CC2)[nH]c1=O. The van der Waals surface area contributed by atoms with Crippen LogP contribution in [-0.4, -0.2) is 23.0 Å². The van der Waals surface area contributed by atoms with Crippen molar-refractivity contribution in [1.82, 2.24) is 9.97 Å². The molecule has 1 saturated carbocycles. The Labute approximate surface area is 92.9 Å². The number of carbonyl (C=O) groups excluding carboxylic acids is 1. The first kappa shape index (κ1) is 10.9. The summed E-state index contributed by atoms with van der Waals surface area (Å²) in [6.45, 7) is 0. The minimum atomic E-state index is -0.650. The van der Waals surface area contributed by atoms with Gasteiger partial charge in [0, 0.05) is 12.6 Å². The van der Waals surface area contributed by atoms with Gasteiger partial charge in [0.2, 0.25) is 0 Å². The van der Waals surface area contributed by atoms with Crippen molar-refractivity contribution in [1.29, 1.82) is 0 Å². The Morgan fingerprint density at radius 2 is 2.38 bits per heavy atom. The van der Waals surface area contributed by atoms with Crippen LogP contribution in [0.4, 0.5) is 0 Å². The first-order chi connectivity index (χ1) is 7.70. The number of H-pyrrole nitrogens is 1. The van der Waals surface area contributed by atoms with Gasteiger partial charge in [-0.05, 0) is 12.3 Å². The highest BCUT2D eigenvalue weighted by atomic mass is 16.5. The fourth-order valence-electron chi connectivity index (χ4n) is 1.56. The number of rotatable bonds is 4. The smallest absolute Gasteiger partial charge is 0.345 e. The Kier molecular flexibility index (Phi) is 3.03. The van der Waals surface area contributed by atoms with Crippen molar-refractivity contribution >= 4 is 5.97 Å². The topological polar surface area (TPSA) is 72.0 Å². The second-order valence-corrected chi connectivity index (χ2v) is 4.05. The lowest BCUT2D eigenvalue weighted by Gasteiger charge is -2.01. The zero-order chi connectivity index (χ0) is 11.5. The molecule has 5 nitrogen and oxygen atoms in total. The number of carbonyl (C=O) groups is 1. The maximum absolute atomic E-state index is 11.5. The Bertz CT molecular complexity index is 449. The number of ether oxygens (including phenoxy) is 1. The first-order valence-corrected chi connectivity index (χ1v) is 5.37. The highest BCUT2D eigenvalue weighted by molar-refractivity contribution is 5.88. The molecule has 1 aliphatic rings. The fraction of sp³-hybridized carbons (Fsp3) is 0.545. The molecule has 0 unspecified atom stereocenters. The van der Waals surface area contributed by atoms with Crippen molar-refractivity contribution in [2.24, 2.45) is 5.92 Å². The highest BCUT2D eigenvalue weighted by Gasteiger charge is 2.21. The molecule has 5 heteroatoms. The van der Waals surface area contributed by atoms with Gasteiger partial charge in [0.15, 0.2) is 0 Å². The van der Waals surface area contributed by atoms with E-state index in [4.69, 9.17) is 0 Å². The average Bonchev–Trinajstić information content (AvgIpc) is 3.09. The second kappa shape index (κ2) is 4.47. The maximum Gasteiger partial charge on any atom is 0.345 e. The first-order valence-electron chi connectivity index (χ1n) is 5.37. The van der Waals surface area contributed by atoms with E-state index in [0.717, 1.165) is 18.8 Å². The van der Waals surface area contributed by atoms with E-state index in [1.165, 1.54) is 26.1 Å². The van der Waals surface area contributed by atoms with Gasteiger partial charge in [-0.2, -0.15) is 0 Å². The van der Waals surface area contributed by atoms with E-state index in [2.05, 4.69) is 14.7 Å². The molecule has 1 aromatic heterocycles. The summed E-state index contributed by atoms with van der Waals surface area (Å²) in [7, 11) is 1.24. The maximum atomic E-state index is 11.5. The molecule has 0 aromatic carbocycles. The molecule has 1 aromatic rings. The number of hydrogen-bond donors (Lipinski definition) is 1. The van der Waals surface area contributed by atoms with E-state index in [0.29, 0.717) is 5.82 Å². The summed E-state index contributed by atoms with van der Waals surface area (Å²) in [6, 6.07) is 0. The summed E-state index contributed by atoms with van der Waals surface area (Å²) in [5.41, 5.74) is -0.467. The Hall–Kier alpha value is -1.65. The van der Waals surface area contributed by atoms with Gasteiger partial charge < -0.3 is 9.72 Å². The predicted molar refractivity (Wildman–Crippen MR) is 57.2 cm³/mol. The summed E-state index contributed by atoms with van der Waals surface area (Å²) in [4.78, 5) is 29.3. The number of aromatic nitrogens is 2. The molecule has 1 heterocycles. The number of methoxy groups -OCH3 is 1. The average molecular weight is 222 g/mol. The van der Waals surface area contributed by atoms with Crippen molar-refractivity contribution in [2.75, 3.05) is 7.11 Å². The molecule has 0 amide bonds. The van der Waals surface area contributed by atoms with E-state index in [1.807, 2.05) is 0 Å². The zero-order valence-electron chi connectivity index (χ0n) is 9.16. The summed E-state index contributed by atoms with van der Waals surface area (Å²) in [6.07, 6.45) is 5.67. The van der Waals surface area contributed by atoms with Crippen LogP contribution in [0.2, 0.25) is 0 Å². The molecule has 0 atom stereocenters. The number of aryl methyl sites for hydroxylation is 1. The molecule has 0 bridgehead atoms. The Morgan fingerprint density at radius 3 is 2.94 bits per heavy atom. The van der Waals surface area contributed by atoms with Gasteiger partial charge in [-0.15, -0.1) is 0 Å². The van der Waals surface area contributed by atoms with Crippen molar-refractivity contribution in [3.05, 3.63) is 27.9 Å². The van der Waals surface area contributed by atoms with Gasteiger partial charge in [0.1, 0.15) is 11.4 Å². The van der Waals surface area contributed by atoms with Crippen LogP contribution in [0.1, 0.15) is 35.4 Å². The molecule has 1 N–H and O–H groups in total. The number of nitrogens with zero attached hydrogens (tertiary/aromatic N) is 1. The predicted octanol–water partition coefficient (Wildman–Crippen LogP) is 0.899. The van der Waals surface area contributed by atoms with Crippen LogP contribution in [0.5, 0.6) is 0 Å². The van der Waals surface area contributed by atoms with Crippen LogP contribution >= 0.6 is 0 Å². The van der Waals surface area contributed by atoms with Gasteiger partial charge in [-0.25, -0.2) is 9.78 Å². The van der Waals surface area contributed by atoms with Crippen molar-refractivity contribution in [2.45, 2.75) is 25.7 Å². The summed E-state index contributed by atoms with van der Waals surface area (Å²) >= 11 is 0. The summed E-state index contributed by atoms with van der Waals surface area (Å²) in [5.74, 6) is 0.789. The number of nitrogens with one attached hydrogen (secondary N) is 1. The summed E-state index contributed by atoms with van der Waals surface area (Å²) in [5, 5.41) is 0. The molecule has 0 radical (unpaired) electrons. The fourth-order valence-corrected chi connectivity index (χ4v) is 1.56. The molecule has 1 fully saturated rings. The lowest BCUT2D eigenvalue weighted by atomic mass is 10.2. The third-order valence-electron chi connectivity index (χ3n) is 2.74. The molecular weight excluding hydrogens is 208 g/mol. The van der Waals surface area contributed by atoms with Crippen LogP contribution in [0.25, 0.3) is 0 Å². The molecule has 0 spiro atoms. The second-order valence-electron chi connectivity index (χ2n) is 4.05. The van der Waals surface area contributed by atoms with Crippen molar-refractivity contribution in [3.63, 3.8) is 0 Å². The quantitative estimate of drug-likeness (QED) is 0.768. The van der Waals surface area contributed by atoms with E-state index >= 15 is 0 Å². The van der Waals surface area contributed by atoms with Crippen LogP contribution in [-0.2, 0) is 11.2 Å². The van der Waals surface area contributed by atoms with Gasteiger partial charge >= 0.3 is 5.97 Å². The van der Waals surface area contributed by atoms with Crippen LogP contribution < -0.4 is 5.56 Å². The normalized spacial score (nSPS) is 14.8. The van der Waals surface area contributed by atoms with Gasteiger partial charge in [0.25, 0.3) is 5.56 Å². The standard InChI is InChI=1S/C11H14N2O3/c1-16-11(15)8-6-12-9(13-10(8)14)5-4-7-2-3-7/h6-7H,2-5H2,1H3,(H,12,13,14). The third-order valence-corrected chi connectivity index (χ3v) is 2.74. The zero-order valence-corrected chi connectivity index (χ0v) is 9.16. The van der Waals surface area contributed by atoms with Crippen LogP contribution in [0.3, 0.4) is 0 Å². The lowest BCUT2D eigenvalue weighted by Crippen LogP contribution is -2.21. The minimum Gasteiger partial charge on any atom is -0.465 e. The Morgan fingerprint density at radius 1 is 1.62 bits per heavy atom. The lowest BCUT2D eigenvalue weighted by molar-refractivity contribution is 0.0598. The molecule has 0 aliphatic heterocycles. The van der Waals surface area contributed by atoms with Crippen molar-refractivity contribution < 1.29 is 9.53 Å². The highest BCUT2D eigenvalue weighted by Crippen LogP contribution is 2.32.